The van der Waals surface area contributed by atoms with Crippen molar-refractivity contribution in [1.29, 1.82) is 0 Å². The van der Waals surface area contributed by atoms with E-state index in [-0.39, 0.29) is 5.41 Å². The standard InChI is InChI=1S/C47H41NO/c1-32-13-10-14-33(2)47(3,4)43-28-27-40(31-38(43)29-32)48(44-21-12-20-42-41-19-8-9-22-45(41)49-46(42)44)39-25-23-35(24-26-39)37-18-11-17-36(30-37)34-15-6-5-7-16-34/h5-15,17-28,30-31,34H,2,16,29H2,1,3-4H3/b14-10-,32-13-. The highest BCUT2D eigenvalue weighted by Crippen LogP contribution is 2.44. The van der Waals surface area contributed by atoms with E-state index < -0.39 is 0 Å². The van der Waals surface area contributed by atoms with Crippen molar-refractivity contribution in [2.45, 2.75) is 44.9 Å². The van der Waals surface area contributed by atoms with Gasteiger partial charge in [0.25, 0.3) is 0 Å². The lowest BCUT2D eigenvalue weighted by atomic mass is 9.75. The molecule has 5 aromatic carbocycles. The molecule has 1 unspecified atom stereocenters. The summed E-state index contributed by atoms with van der Waals surface area (Å²) in [4.78, 5) is 2.36. The summed E-state index contributed by atoms with van der Waals surface area (Å²) in [7, 11) is 0. The third-order valence-corrected chi connectivity index (χ3v) is 10.3. The van der Waals surface area contributed by atoms with Crippen molar-refractivity contribution < 1.29 is 4.42 Å². The molecular weight excluding hydrogens is 595 g/mol. The zero-order chi connectivity index (χ0) is 33.5. The Morgan fingerprint density at radius 3 is 2.39 bits per heavy atom. The van der Waals surface area contributed by atoms with Gasteiger partial charge >= 0.3 is 0 Å². The molecule has 2 heteroatoms. The largest absolute Gasteiger partial charge is 0.454 e. The van der Waals surface area contributed by atoms with E-state index >= 15 is 0 Å². The summed E-state index contributed by atoms with van der Waals surface area (Å²) in [6.07, 6.45) is 17.3. The number of rotatable bonds is 5. The Labute approximate surface area is 289 Å². The normalized spacial score (nSPS) is 18.7. The Bertz CT molecular complexity index is 2340. The molecule has 0 fully saturated rings. The highest BCUT2D eigenvalue weighted by Gasteiger charge is 2.28. The van der Waals surface area contributed by atoms with Crippen LogP contribution in [0.3, 0.4) is 0 Å². The molecule has 0 amide bonds. The molecule has 0 spiro atoms. The fourth-order valence-electron chi connectivity index (χ4n) is 7.46. The molecular formula is C47H41NO. The van der Waals surface area contributed by atoms with E-state index in [9.17, 15) is 0 Å². The molecule has 1 aromatic heterocycles. The van der Waals surface area contributed by atoms with Crippen molar-refractivity contribution in [2.75, 3.05) is 4.90 Å². The number of hydrogen-bond acceptors (Lipinski definition) is 2. The smallest absolute Gasteiger partial charge is 0.159 e. The summed E-state index contributed by atoms with van der Waals surface area (Å²) >= 11 is 0. The minimum absolute atomic E-state index is 0.202. The number of para-hydroxylation sites is 2. The third-order valence-electron chi connectivity index (χ3n) is 10.3. The lowest BCUT2D eigenvalue weighted by Crippen LogP contribution is -2.21. The van der Waals surface area contributed by atoms with Crippen molar-refractivity contribution in [3.05, 3.63) is 186 Å². The fourth-order valence-corrected chi connectivity index (χ4v) is 7.46. The number of furan rings is 1. The summed E-state index contributed by atoms with van der Waals surface area (Å²) in [5.74, 6) is 0.419. The molecule has 0 bridgehead atoms. The van der Waals surface area contributed by atoms with Crippen LogP contribution in [0.1, 0.15) is 49.8 Å². The molecule has 2 nitrogen and oxygen atoms in total. The van der Waals surface area contributed by atoms with Gasteiger partial charge in [-0.05, 0) is 89.6 Å². The third kappa shape index (κ3) is 5.68. The SMILES string of the molecule is C=C1/C=C\C=C(\C)Cc2cc(N(c3ccc(-c4cccc(C5C=CC=CC5)c4)cc3)c3cccc4c3oc3ccccc34)ccc2C1(C)C. The number of hydrogen-bond donors (Lipinski definition) is 0. The molecule has 1 heterocycles. The van der Waals surface area contributed by atoms with E-state index in [1.54, 1.807) is 0 Å². The van der Waals surface area contributed by atoms with Gasteiger partial charge in [0.2, 0.25) is 0 Å². The van der Waals surface area contributed by atoms with Crippen molar-refractivity contribution in [2.24, 2.45) is 0 Å². The van der Waals surface area contributed by atoms with Crippen LogP contribution in [0.25, 0.3) is 33.1 Å². The van der Waals surface area contributed by atoms with Gasteiger partial charge in [0.1, 0.15) is 5.58 Å². The van der Waals surface area contributed by atoms with Crippen molar-refractivity contribution >= 4 is 39.0 Å². The Morgan fingerprint density at radius 1 is 0.755 bits per heavy atom. The first-order valence-corrected chi connectivity index (χ1v) is 17.3. The molecule has 6 aromatic rings. The van der Waals surface area contributed by atoms with Gasteiger partial charge in [0.05, 0.1) is 5.69 Å². The van der Waals surface area contributed by atoms with Gasteiger partial charge in [-0.15, -0.1) is 0 Å². The first-order valence-electron chi connectivity index (χ1n) is 17.3. The lowest BCUT2D eigenvalue weighted by molar-refractivity contribution is 0.634. The van der Waals surface area contributed by atoms with E-state index in [0.29, 0.717) is 5.92 Å². The van der Waals surface area contributed by atoms with Gasteiger partial charge in [-0.25, -0.2) is 0 Å². The van der Waals surface area contributed by atoms with Crippen molar-refractivity contribution in [3.63, 3.8) is 0 Å². The van der Waals surface area contributed by atoms with Crippen LogP contribution in [0.4, 0.5) is 17.1 Å². The summed E-state index contributed by atoms with van der Waals surface area (Å²) in [5, 5.41) is 2.24. The second-order valence-corrected chi connectivity index (χ2v) is 14.0. The molecule has 1 atom stereocenters. The summed E-state index contributed by atoms with van der Waals surface area (Å²) in [6, 6.07) is 39.7. The van der Waals surface area contributed by atoms with Crippen LogP contribution in [-0.2, 0) is 11.8 Å². The van der Waals surface area contributed by atoms with Gasteiger partial charge < -0.3 is 9.32 Å². The predicted molar refractivity (Wildman–Crippen MR) is 208 cm³/mol. The number of benzene rings is 5. The molecule has 0 radical (unpaired) electrons. The minimum Gasteiger partial charge on any atom is -0.454 e. The molecule has 8 rings (SSSR count). The number of fused-ring (bicyclic) bond motifs is 4. The zero-order valence-corrected chi connectivity index (χ0v) is 28.5. The van der Waals surface area contributed by atoms with Gasteiger partial charge in [-0.2, -0.15) is 0 Å². The maximum absolute atomic E-state index is 6.62. The van der Waals surface area contributed by atoms with Gasteiger partial charge in [0, 0.05) is 33.5 Å². The van der Waals surface area contributed by atoms with Gasteiger partial charge in [0.15, 0.2) is 5.58 Å². The van der Waals surface area contributed by atoms with Crippen LogP contribution >= 0.6 is 0 Å². The number of allylic oxidation sites excluding steroid dienone is 9. The first kappa shape index (κ1) is 30.7. The Morgan fingerprint density at radius 2 is 1.55 bits per heavy atom. The Hall–Kier alpha value is -5.60. The Kier molecular flexibility index (Phi) is 7.80. The van der Waals surface area contributed by atoms with Crippen LogP contribution < -0.4 is 4.90 Å². The van der Waals surface area contributed by atoms with E-state index in [2.05, 4.69) is 178 Å². The monoisotopic (exact) mass is 635 g/mol. The second-order valence-electron chi connectivity index (χ2n) is 14.0. The second kappa shape index (κ2) is 12.5. The number of nitrogens with zero attached hydrogens (tertiary/aromatic N) is 1. The van der Waals surface area contributed by atoms with E-state index in [0.717, 1.165) is 57.4 Å². The molecule has 49 heavy (non-hydrogen) atoms. The van der Waals surface area contributed by atoms with E-state index in [1.165, 1.54) is 33.4 Å². The average molecular weight is 636 g/mol. The molecule has 0 saturated heterocycles. The molecule has 2 aliphatic carbocycles. The fraction of sp³-hybridized carbons (Fsp3) is 0.149. The molecule has 0 aliphatic heterocycles. The average Bonchev–Trinajstić information content (AvgIpc) is 3.53. The van der Waals surface area contributed by atoms with Crippen LogP contribution in [0, 0.1) is 0 Å². The maximum atomic E-state index is 6.62. The van der Waals surface area contributed by atoms with Crippen molar-refractivity contribution in [1.82, 2.24) is 0 Å². The van der Waals surface area contributed by atoms with Crippen LogP contribution in [0.5, 0.6) is 0 Å². The molecule has 0 N–H and O–H groups in total. The first-order chi connectivity index (χ1) is 23.9. The minimum atomic E-state index is -0.202. The van der Waals surface area contributed by atoms with E-state index in [1.807, 2.05) is 6.07 Å². The highest BCUT2D eigenvalue weighted by molar-refractivity contribution is 6.10. The summed E-state index contributed by atoms with van der Waals surface area (Å²) in [5.41, 5.74) is 13.6. The zero-order valence-electron chi connectivity index (χ0n) is 28.5. The topological polar surface area (TPSA) is 16.4 Å². The van der Waals surface area contributed by atoms with Gasteiger partial charge in [-0.3, -0.25) is 0 Å². The molecule has 2 aliphatic rings. The van der Waals surface area contributed by atoms with Crippen LogP contribution in [0.15, 0.2) is 174 Å². The lowest BCUT2D eigenvalue weighted by Gasteiger charge is -2.31. The summed E-state index contributed by atoms with van der Waals surface area (Å²) in [6.45, 7) is 11.2. The Balaban J connectivity index is 1.27. The number of anilines is 3. The maximum Gasteiger partial charge on any atom is 0.159 e. The quantitative estimate of drug-likeness (QED) is 0.187. The van der Waals surface area contributed by atoms with E-state index in [4.69, 9.17) is 4.42 Å². The van der Waals surface area contributed by atoms with Crippen LogP contribution in [0.2, 0.25) is 0 Å². The molecule has 240 valence electrons. The van der Waals surface area contributed by atoms with Crippen molar-refractivity contribution in [3.8, 4) is 11.1 Å². The highest BCUT2D eigenvalue weighted by atomic mass is 16.3. The molecule has 0 saturated carbocycles. The van der Waals surface area contributed by atoms with Gasteiger partial charge in [-0.1, -0.05) is 141 Å². The predicted octanol–water partition coefficient (Wildman–Crippen LogP) is 13.2. The van der Waals surface area contributed by atoms with Crippen LogP contribution in [-0.4, -0.2) is 0 Å². The summed E-state index contributed by atoms with van der Waals surface area (Å²) < 4.78 is 6.62.